The molecular formula is C18H29IN4O2. The van der Waals surface area contributed by atoms with Crippen LogP contribution in [-0.2, 0) is 4.79 Å². The number of nitrogens with zero attached hydrogens (tertiary/aromatic N) is 2. The zero-order valence-corrected chi connectivity index (χ0v) is 17.2. The Morgan fingerprint density at radius 1 is 1.20 bits per heavy atom. The van der Waals surface area contributed by atoms with Crippen LogP contribution in [0.25, 0.3) is 0 Å². The van der Waals surface area contributed by atoms with Gasteiger partial charge in [-0.05, 0) is 31.9 Å². The van der Waals surface area contributed by atoms with Crippen molar-refractivity contribution in [1.29, 1.82) is 0 Å². The van der Waals surface area contributed by atoms with E-state index in [-0.39, 0.29) is 29.9 Å². The van der Waals surface area contributed by atoms with Gasteiger partial charge in [0.15, 0.2) is 5.96 Å². The Labute approximate surface area is 167 Å². The predicted octanol–water partition coefficient (Wildman–Crippen LogP) is 2.25. The molecule has 2 rings (SSSR count). The molecular weight excluding hydrogens is 431 g/mol. The van der Waals surface area contributed by atoms with Gasteiger partial charge in [0.05, 0.1) is 13.1 Å². The van der Waals surface area contributed by atoms with Crippen molar-refractivity contribution >= 4 is 35.8 Å². The second-order valence-corrected chi connectivity index (χ2v) is 5.69. The Morgan fingerprint density at radius 2 is 1.92 bits per heavy atom. The van der Waals surface area contributed by atoms with E-state index in [0.717, 1.165) is 44.2 Å². The molecule has 0 saturated carbocycles. The summed E-state index contributed by atoms with van der Waals surface area (Å²) in [5.41, 5.74) is 0. The monoisotopic (exact) mass is 460 g/mol. The van der Waals surface area contributed by atoms with Crippen molar-refractivity contribution in [2.24, 2.45) is 4.99 Å². The SMILES string of the molecule is CCNC(=NCCC(=O)N1CCCC1)NCCOc1ccccc1.I. The number of hydrogen-bond acceptors (Lipinski definition) is 3. The number of amides is 1. The van der Waals surface area contributed by atoms with E-state index in [0.29, 0.717) is 26.1 Å². The number of likely N-dealkylation sites (tertiary alicyclic amines) is 1. The fourth-order valence-electron chi connectivity index (χ4n) is 2.58. The summed E-state index contributed by atoms with van der Waals surface area (Å²) in [7, 11) is 0. The van der Waals surface area contributed by atoms with E-state index in [9.17, 15) is 4.79 Å². The van der Waals surface area contributed by atoms with Gasteiger partial charge < -0.3 is 20.3 Å². The van der Waals surface area contributed by atoms with E-state index in [4.69, 9.17) is 4.74 Å². The van der Waals surface area contributed by atoms with Crippen LogP contribution >= 0.6 is 24.0 Å². The van der Waals surface area contributed by atoms with Crippen LogP contribution in [0.3, 0.4) is 0 Å². The van der Waals surface area contributed by atoms with Crippen molar-refractivity contribution in [3.05, 3.63) is 30.3 Å². The molecule has 0 aliphatic carbocycles. The van der Waals surface area contributed by atoms with Crippen LogP contribution < -0.4 is 15.4 Å². The number of ether oxygens (including phenoxy) is 1. The summed E-state index contributed by atoms with van der Waals surface area (Å²) >= 11 is 0. The van der Waals surface area contributed by atoms with Gasteiger partial charge >= 0.3 is 0 Å². The standard InChI is InChI=1S/C18H28N4O2.HI/c1-2-19-18(20-11-10-17(23)22-13-6-7-14-22)21-12-15-24-16-8-4-3-5-9-16;/h3-5,8-9H,2,6-7,10-15H2,1H3,(H2,19,20,21);1H. The van der Waals surface area contributed by atoms with Gasteiger partial charge in [-0.3, -0.25) is 9.79 Å². The summed E-state index contributed by atoms with van der Waals surface area (Å²) in [6.07, 6.45) is 2.72. The van der Waals surface area contributed by atoms with Crippen LogP contribution in [0, 0.1) is 0 Å². The van der Waals surface area contributed by atoms with Crippen LogP contribution in [0.15, 0.2) is 35.3 Å². The lowest BCUT2D eigenvalue weighted by Crippen LogP contribution is -2.39. The number of halogens is 1. The van der Waals surface area contributed by atoms with E-state index in [1.54, 1.807) is 0 Å². The summed E-state index contributed by atoms with van der Waals surface area (Å²) in [5.74, 6) is 1.79. The number of guanidine groups is 1. The molecule has 6 nitrogen and oxygen atoms in total. The van der Waals surface area contributed by atoms with Gasteiger partial charge in [0.2, 0.25) is 5.91 Å². The molecule has 1 aromatic carbocycles. The second kappa shape index (κ2) is 12.8. The maximum absolute atomic E-state index is 12.0. The molecule has 1 aliphatic rings. The minimum atomic E-state index is 0. The lowest BCUT2D eigenvalue weighted by molar-refractivity contribution is -0.129. The van der Waals surface area contributed by atoms with Gasteiger partial charge in [-0.2, -0.15) is 0 Å². The van der Waals surface area contributed by atoms with Gasteiger partial charge in [0, 0.05) is 26.1 Å². The molecule has 2 N–H and O–H groups in total. The molecule has 1 saturated heterocycles. The third-order valence-corrected chi connectivity index (χ3v) is 3.81. The third-order valence-electron chi connectivity index (χ3n) is 3.81. The highest BCUT2D eigenvalue weighted by atomic mass is 127. The Bertz CT molecular complexity index is 519. The lowest BCUT2D eigenvalue weighted by Gasteiger charge is -2.15. The molecule has 0 unspecified atom stereocenters. The fraction of sp³-hybridized carbons (Fsp3) is 0.556. The maximum atomic E-state index is 12.0. The molecule has 0 atom stereocenters. The summed E-state index contributed by atoms with van der Waals surface area (Å²) in [5, 5.41) is 6.41. The first-order valence-electron chi connectivity index (χ1n) is 8.77. The molecule has 1 aliphatic heterocycles. The number of rotatable bonds is 8. The highest BCUT2D eigenvalue weighted by molar-refractivity contribution is 14.0. The first-order chi connectivity index (χ1) is 11.8. The predicted molar refractivity (Wildman–Crippen MR) is 112 cm³/mol. The molecule has 0 aromatic heterocycles. The van der Waals surface area contributed by atoms with Crippen molar-refractivity contribution in [2.45, 2.75) is 26.2 Å². The van der Waals surface area contributed by atoms with Gasteiger partial charge in [0.1, 0.15) is 12.4 Å². The smallest absolute Gasteiger partial charge is 0.224 e. The van der Waals surface area contributed by atoms with Gasteiger partial charge in [-0.15, -0.1) is 24.0 Å². The Hall–Kier alpha value is -1.51. The zero-order valence-electron chi connectivity index (χ0n) is 14.9. The van der Waals surface area contributed by atoms with Crippen molar-refractivity contribution in [3.8, 4) is 5.75 Å². The first kappa shape index (κ1) is 21.5. The summed E-state index contributed by atoms with van der Waals surface area (Å²) in [6, 6.07) is 9.73. The minimum absolute atomic E-state index is 0. The number of carbonyl (C=O) groups is 1. The van der Waals surface area contributed by atoms with E-state index < -0.39 is 0 Å². The summed E-state index contributed by atoms with van der Waals surface area (Å²) in [4.78, 5) is 18.4. The van der Waals surface area contributed by atoms with E-state index in [1.807, 2.05) is 42.2 Å². The van der Waals surface area contributed by atoms with Crippen LogP contribution in [0.4, 0.5) is 0 Å². The number of benzene rings is 1. The third kappa shape index (κ3) is 8.42. The Kier molecular flexibility index (Phi) is 11.0. The van der Waals surface area contributed by atoms with Crippen LogP contribution in [0.1, 0.15) is 26.2 Å². The second-order valence-electron chi connectivity index (χ2n) is 5.69. The topological polar surface area (TPSA) is 66.0 Å². The lowest BCUT2D eigenvalue weighted by atomic mass is 10.3. The molecule has 0 radical (unpaired) electrons. The zero-order chi connectivity index (χ0) is 17.0. The molecule has 25 heavy (non-hydrogen) atoms. The van der Waals surface area contributed by atoms with Gasteiger partial charge in [-0.25, -0.2) is 0 Å². The average Bonchev–Trinajstić information content (AvgIpc) is 3.14. The van der Waals surface area contributed by atoms with Gasteiger partial charge in [0.25, 0.3) is 0 Å². The van der Waals surface area contributed by atoms with Crippen molar-refractivity contribution in [1.82, 2.24) is 15.5 Å². The van der Waals surface area contributed by atoms with Crippen LogP contribution in [-0.4, -0.2) is 56.1 Å². The normalized spacial score (nSPS) is 14.0. The molecule has 7 heteroatoms. The van der Waals surface area contributed by atoms with Crippen molar-refractivity contribution in [2.75, 3.05) is 39.3 Å². The molecule has 1 amide bonds. The molecule has 1 heterocycles. The van der Waals surface area contributed by atoms with Crippen LogP contribution in [0.2, 0.25) is 0 Å². The molecule has 1 aromatic rings. The fourth-order valence-corrected chi connectivity index (χ4v) is 2.58. The Morgan fingerprint density at radius 3 is 2.60 bits per heavy atom. The minimum Gasteiger partial charge on any atom is -0.492 e. The first-order valence-corrected chi connectivity index (χ1v) is 8.77. The van der Waals surface area contributed by atoms with Gasteiger partial charge in [-0.1, -0.05) is 18.2 Å². The molecule has 0 spiro atoms. The average molecular weight is 460 g/mol. The summed E-state index contributed by atoms with van der Waals surface area (Å²) < 4.78 is 5.64. The quantitative estimate of drug-likeness (QED) is 0.271. The van der Waals surface area contributed by atoms with Crippen LogP contribution in [0.5, 0.6) is 5.75 Å². The molecule has 140 valence electrons. The van der Waals surface area contributed by atoms with E-state index >= 15 is 0 Å². The maximum Gasteiger partial charge on any atom is 0.224 e. The van der Waals surface area contributed by atoms with Crippen molar-refractivity contribution in [3.63, 3.8) is 0 Å². The van der Waals surface area contributed by atoms with Crippen molar-refractivity contribution < 1.29 is 9.53 Å². The molecule has 1 fully saturated rings. The molecule has 0 bridgehead atoms. The highest BCUT2D eigenvalue weighted by Crippen LogP contribution is 2.09. The summed E-state index contributed by atoms with van der Waals surface area (Å²) in [6.45, 7) is 6.32. The van der Waals surface area contributed by atoms with E-state index in [2.05, 4.69) is 15.6 Å². The number of hydrogen-bond donors (Lipinski definition) is 2. The number of carbonyl (C=O) groups excluding carboxylic acids is 1. The Balaban J connectivity index is 0.00000312. The number of nitrogens with one attached hydrogen (secondary N) is 2. The number of aliphatic imine (C=N–C) groups is 1. The largest absolute Gasteiger partial charge is 0.492 e. The highest BCUT2D eigenvalue weighted by Gasteiger charge is 2.16. The number of para-hydroxylation sites is 1. The van der Waals surface area contributed by atoms with E-state index in [1.165, 1.54) is 0 Å².